The van der Waals surface area contributed by atoms with Crippen molar-refractivity contribution in [1.29, 1.82) is 5.26 Å². The van der Waals surface area contributed by atoms with Gasteiger partial charge in [-0.15, -0.1) is 0 Å². The molecule has 5 nitrogen and oxygen atoms in total. The van der Waals surface area contributed by atoms with Gasteiger partial charge in [-0.3, -0.25) is 0 Å². The molecule has 1 aromatic heterocycles. The number of nitrogens with zero attached hydrogens (tertiary/aromatic N) is 5. The average Bonchev–Trinajstić information content (AvgIpc) is 2.80. The van der Waals surface area contributed by atoms with E-state index in [1.165, 1.54) is 0 Å². The van der Waals surface area contributed by atoms with E-state index >= 15 is 0 Å². The van der Waals surface area contributed by atoms with Crippen LogP contribution >= 0.6 is 0 Å². The summed E-state index contributed by atoms with van der Waals surface area (Å²) in [6.45, 7) is 11.2. The van der Waals surface area contributed by atoms with Crippen molar-refractivity contribution >= 4 is 5.69 Å². The van der Waals surface area contributed by atoms with Crippen LogP contribution in [0.5, 0.6) is 0 Å². The lowest BCUT2D eigenvalue weighted by atomic mass is 9.95. The Morgan fingerprint density at radius 2 is 1.27 bits per heavy atom. The zero-order chi connectivity index (χ0) is 21.1. The first kappa shape index (κ1) is 19.0. The van der Waals surface area contributed by atoms with Gasteiger partial charge >= 0.3 is 0 Å². The molecule has 142 valence electrons. The van der Waals surface area contributed by atoms with E-state index in [0.717, 1.165) is 22.3 Å². The predicted molar refractivity (Wildman–Crippen MR) is 117 cm³/mol. The van der Waals surface area contributed by atoms with Crippen LogP contribution in [0.3, 0.4) is 0 Å². The van der Waals surface area contributed by atoms with Crippen LogP contribution in [0.4, 0.5) is 5.69 Å². The van der Waals surface area contributed by atoms with Gasteiger partial charge in [-0.1, -0.05) is 60.7 Å². The topological polar surface area (TPSA) is 66.8 Å². The Labute approximate surface area is 175 Å². The molecule has 0 aliphatic carbocycles. The van der Waals surface area contributed by atoms with E-state index in [9.17, 15) is 5.26 Å². The van der Waals surface area contributed by atoms with Crippen LogP contribution in [-0.2, 0) is 0 Å². The van der Waals surface area contributed by atoms with Crippen LogP contribution in [0.2, 0.25) is 0 Å². The highest BCUT2D eigenvalue weighted by Crippen LogP contribution is 2.35. The quantitative estimate of drug-likeness (QED) is 0.410. The molecule has 0 radical (unpaired) electrons. The van der Waals surface area contributed by atoms with Crippen LogP contribution in [0, 0.1) is 31.8 Å². The minimum Gasteiger partial charge on any atom is -0.238 e. The fourth-order valence-electron chi connectivity index (χ4n) is 3.39. The largest absolute Gasteiger partial charge is 0.238 e. The first-order valence-corrected chi connectivity index (χ1v) is 9.41. The summed E-state index contributed by atoms with van der Waals surface area (Å²) in [4.78, 5) is 17.8. The maximum absolute atomic E-state index is 9.56. The lowest BCUT2D eigenvalue weighted by molar-refractivity contribution is 1.07. The number of rotatable bonds is 3. The Kier molecular flexibility index (Phi) is 5.03. The standard InChI is InChI=1S/C25H17N5/c1-16-20(15-26)14-21(27-3)17(2)22(16)25-29-23(18-10-6-4-7-11-18)28-24(30-25)19-12-8-5-9-13-19/h4-14H,1-2H3. The fourth-order valence-corrected chi connectivity index (χ4v) is 3.39. The van der Waals surface area contributed by atoms with Gasteiger partial charge in [0.25, 0.3) is 0 Å². The second-order valence-corrected chi connectivity index (χ2v) is 6.83. The van der Waals surface area contributed by atoms with Crippen molar-refractivity contribution in [2.75, 3.05) is 0 Å². The maximum atomic E-state index is 9.56. The molecule has 5 heteroatoms. The summed E-state index contributed by atoms with van der Waals surface area (Å²) in [5, 5.41) is 9.56. The molecule has 4 aromatic rings. The third-order valence-corrected chi connectivity index (χ3v) is 4.98. The fraction of sp³-hybridized carbons (Fsp3) is 0.0800. The van der Waals surface area contributed by atoms with Crippen LogP contribution < -0.4 is 0 Å². The number of hydrogen-bond acceptors (Lipinski definition) is 4. The summed E-state index contributed by atoms with van der Waals surface area (Å²) in [5.74, 6) is 1.55. The molecule has 3 aromatic carbocycles. The Balaban J connectivity index is 2.05. The Morgan fingerprint density at radius 3 is 1.73 bits per heavy atom. The van der Waals surface area contributed by atoms with Crippen LogP contribution in [0.1, 0.15) is 16.7 Å². The van der Waals surface area contributed by atoms with Crippen molar-refractivity contribution in [1.82, 2.24) is 15.0 Å². The lowest BCUT2D eigenvalue weighted by Crippen LogP contribution is -2.03. The monoisotopic (exact) mass is 387 g/mol. The molecule has 0 aliphatic rings. The number of aromatic nitrogens is 3. The third-order valence-electron chi connectivity index (χ3n) is 4.98. The summed E-state index contributed by atoms with van der Waals surface area (Å²) < 4.78 is 0. The van der Waals surface area contributed by atoms with E-state index in [2.05, 4.69) is 10.9 Å². The van der Waals surface area contributed by atoms with Crippen molar-refractivity contribution in [3.63, 3.8) is 0 Å². The van der Waals surface area contributed by atoms with Gasteiger partial charge in [0.15, 0.2) is 23.2 Å². The molecule has 0 aliphatic heterocycles. The maximum Gasteiger partial charge on any atom is 0.192 e. The van der Waals surface area contributed by atoms with Crippen LogP contribution in [0.25, 0.3) is 39.0 Å². The van der Waals surface area contributed by atoms with Crippen LogP contribution in [0.15, 0.2) is 66.7 Å². The first-order chi connectivity index (χ1) is 14.6. The summed E-state index contributed by atoms with van der Waals surface area (Å²) in [6, 6.07) is 23.2. The Hall–Kier alpha value is -4.35. The second kappa shape index (κ2) is 7.95. The van der Waals surface area contributed by atoms with Gasteiger partial charge in [-0.25, -0.2) is 19.8 Å². The highest BCUT2D eigenvalue weighted by molar-refractivity contribution is 5.78. The molecular weight excluding hydrogens is 370 g/mol. The summed E-state index contributed by atoms with van der Waals surface area (Å²) in [6.07, 6.45) is 0. The third kappa shape index (κ3) is 3.41. The van der Waals surface area contributed by atoms with Crippen molar-refractivity contribution in [3.8, 4) is 40.2 Å². The van der Waals surface area contributed by atoms with Gasteiger partial charge in [0.1, 0.15) is 0 Å². The minimum atomic E-state index is 0.426. The van der Waals surface area contributed by atoms with Gasteiger partial charge in [-0.2, -0.15) is 5.26 Å². The predicted octanol–water partition coefficient (Wildman–Crippen LogP) is 5.91. The van der Waals surface area contributed by atoms with E-state index in [-0.39, 0.29) is 0 Å². The lowest BCUT2D eigenvalue weighted by Gasteiger charge is -2.14. The van der Waals surface area contributed by atoms with Crippen molar-refractivity contribution < 1.29 is 0 Å². The van der Waals surface area contributed by atoms with E-state index < -0.39 is 0 Å². The van der Waals surface area contributed by atoms with E-state index in [1.807, 2.05) is 74.5 Å². The van der Waals surface area contributed by atoms with Gasteiger partial charge in [0, 0.05) is 22.3 Å². The van der Waals surface area contributed by atoms with E-state index in [0.29, 0.717) is 34.3 Å². The van der Waals surface area contributed by atoms with Gasteiger partial charge in [0.05, 0.1) is 12.6 Å². The first-order valence-electron chi connectivity index (χ1n) is 9.41. The van der Waals surface area contributed by atoms with Crippen molar-refractivity contribution in [2.24, 2.45) is 0 Å². The van der Waals surface area contributed by atoms with Gasteiger partial charge in [0.2, 0.25) is 0 Å². The molecule has 0 bridgehead atoms. The SMILES string of the molecule is [C-]#[N+]c1cc(C#N)c(C)c(-c2nc(-c3ccccc3)nc(-c3ccccc3)n2)c1C. The molecule has 0 saturated carbocycles. The molecule has 30 heavy (non-hydrogen) atoms. The van der Waals surface area contributed by atoms with E-state index in [1.54, 1.807) is 6.07 Å². The molecular formula is C25H17N5. The summed E-state index contributed by atoms with van der Waals surface area (Å²) >= 11 is 0. The highest BCUT2D eigenvalue weighted by Gasteiger charge is 2.19. The molecule has 0 spiro atoms. The Morgan fingerprint density at radius 1 is 0.767 bits per heavy atom. The smallest absolute Gasteiger partial charge is 0.192 e. The van der Waals surface area contributed by atoms with Gasteiger partial charge in [-0.05, 0) is 31.0 Å². The van der Waals surface area contributed by atoms with Crippen molar-refractivity contribution in [2.45, 2.75) is 13.8 Å². The molecule has 0 atom stereocenters. The molecule has 0 saturated heterocycles. The van der Waals surface area contributed by atoms with E-state index in [4.69, 9.17) is 21.5 Å². The zero-order valence-corrected chi connectivity index (χ0v) is 16.6. The zero-order valence-electron chi connectivity index (χ0n) is 16.6. The average molecular weight is 387 g/mol. The van der Waals surface area contributed by atoms with Crippen LogP contribution in [-0.4, -0.2) is 15.0 Å². The second-order valence-electron chi connectivity index (χ2n) is 6.83. The molecule has 0 fully saturated rings. The molecule has 0 amide bonds. The number of hydrogen-bond donors (Lipinski definition) is 0. The number of nitriles is 1. The van der Waals surface area contributed by atoms with Crippen molar-refractivity contribution in [3.05, 3.63) is 94.8 Å². The van der Waals surface area contributed by atoms with Gasteiger partial charge < -0.3 is 0 Å². The minimum absolute atomic E-state index is 0.426. The Bertz CT molecular complexity index is 1220. The molecule has 1 heterocycles. The number of benzene rings is 3. The molecule has 0 unspecified atom stereocenters. The normalized spacial score (nSPS) is 10.3. The summed E-state index contributed by atoms with van der Waals surface area (Å²) in [7, 11) is 0. The summed E-state index contributed by atoms with van der Waals surface area (Å²) in [5.41, 5.74) is 4.83. The molecule has 4 rings (SSSR count). The highest BCUT2D eigenvalue weighted by atomic mass is 15.0. The molecule has 0 N–H and O–H groups in total.